The van der Waals surface area contributed by atoms with Gasteiger partial charge in [0.2, 0.25) is 5.91 Å². The Labute approximate surface area is 218 Å². The van der Waals surface area contributed by atoms with E-state index in [1.807, 2.05) is 29.1 Å². The van der Waals surface area contributed by atoms with E-state index in [9.17, 15) is 9.59 Å². The average Bonchev–Trinajstić information content (AvgIpc) is 3.28. The third-order valence-corrected chi connectivity index (χ3v) is 7.23. The lowest BCUT2D eigenvalue weighted by Crippen LogP contribution is -2.36. The number of carbonyl (C=O) groups excluding carboxylic acids is 2. The maximum atomic E-state index is 12.2. The van der Waals surface area contributed by atoms with Gasteiger partial charge in [0.15, 0.2) is 17.3 Å². The van der Waals surface area contributed by atoms with Crippen LogP contribution >= 0.6 is 0 Å². The molecular formula is C26H29N7O5. The quantitative estimate of drug-likeness (QED) is 0.407. The summed E-state index contributed by atoms with van der Waals surface area (Å²) in [5.41, 5.74) is 8.02. The van der Waals surface area contributed by atoms with Crippen LogP contribution in [0, 0.1) is 5.92 Å². The SMILES string of the molecule is COc1c(Nc2cc(NC(=O)C3CC3)nnc2C(N)=O)cccc1-c1cnn(C2CCCC23OCCO3)c1. The number of rotatable bonds is 8. The summed E-state index contributed by atoms with van der Waals surface area (Å²) < 4.78 is 19.7. The molecule has 2 aromatic heterocycles. The van der Waals surface area contributed by atoms with Crippen molar-refractivity contribution in [3.05, 3.63) is 42.4 Å². The molecule has 3 fully saturated rings. The smallest absolute Gasteiger partial charge is 0.271 e. The lowest BCUT2D eigenvalue weighted by molar-refractivity contribution is -0.177. The first-order valence-corrected chi connectivity index (χ1v) is 12.7. The number of nitrogens with two attached hydrogens (primary N) is 1. The summed E-state index contributed by atoms with van der Waals surface area (Å²) in [4.78, 5) is 24.3. The maximum Gasteiger partial charge on any atom is 0.271 e. The lowest BCUT2D eigenvalue weighted by Gasteiger charge is -2.29. The van der Waals surface area contributed by atoms with E-state index < -0.39 is 11.7 Å². The van der Waals surface area contributed by atoms with E-state index in [4.69, 9.17) is 19.9 Å². The van der Waals surface area contributed by atoms with Crippen LogP contribution in [0.4, 0.5) is 17.2 Å². The van der Waals surface area contributed by atoms with Gasteiger partial charge in [-0.1, -0.05) is 12.1 Å². The molecule has 12 nitrogen and oxygen atoms in total. The molecule has 2 amide bonds. The van der Waals surface area contributed by atoms with E-state index in [2.05, 4.69) is 25.9 Å². The number of para-hydroxylation sites is 1. The molecule has 2 aliphatic carbocycles. The number of benzene rings is 1. The number of methoxy groups -OCH3 is 1. The molecule has 12 heteroatoms. The number of hydrogen-bond donors (Lipinski definition) is 3. The van der Waals surface area contributed by atoms with E-state index in [0.717, 1.165) is 43.2 Å². The molecule has 1 aliphatic heterocycles. The molecule has 3 heterocycles. The number of anilines is 3. The first kappa shape index (κ1) is 24.3. The highest BCUT2D eigenvalue weighted by atomic mass is 16.7. The second kappa shape index (κ2) is 9.69. The summed E-state index contributed by atoms with van der Waals surface area (Å²) in [6.45, 7) is 1.19. The van der Waals surface area contributed by atoms with Gasteiger partial charge in [-0.2, -0.15) is 5.10 Å². The zero-order valence-electron chi connectivity index (χ0n) is 21.0. The molecule has 2 saturated carbocycles. The molecule has 198 valence electrons. The number of nitrogens with zero attached hydrogens (tertiary/aromatic N) is 4. The van der Waals surface area contributed by atoms with Gasteiger partial charge in [-0.3, -0.25) is 14.3 Å². The van der Waals surface area contributed by atoms with Crippen molar-refractivity contribution in [2.45, 2.75) is 43.9 Å². The number of amides is 2. The predicted octanol–water partition coefficient (Wildman–Crippen LogP) is 3.01. The first-order chi connectivity index (χ1) is 18.5. The van der Waals surface area contributed by atoms with Crippen LogP contribution in [0.25, 0.3) is 11.1 Å². The number of nitrogens with one attached hydrogen (secondary N) is 2. The van der Waals surface area contributed by atoms with Crippen molar-refractivity contribution < 1.29 is 23.8 Å². The Balaban J connectivity index is 1.30. The van der Waals surface area contributed by atoms with Crippen LogP contribution in [0.3, 0.4) is 0 Å². The average molecular weight is 520 g/mol. The maximum absolute atomic E-state index is 12.2. The third-order valence-electron chi connectivity index (χ3n) is 7.23. The van der Waals surface area contributed by atoms with Gasteiger partial charge in [0.05, 0.1) is 37.9 Å². The van der Waals surface area contributed by atoms with Gasteiger partial charge >= 0.3 is 0 Å². The van der Waals surface area contributed by atoms with Gasteiger partial charge < -0.3 is 30.6 Å². The fourth-order valence-corrected chi connectivity index (χ4v) is 5.25. The number of primary amides is 1. The minimum Gasteiger partial charge on any atom is -0.494 e. The Bertz CT molecular complexity index is 1370. The first-order valence-electron chi connectivity index (χ1n) is 12.7. The molecule has 1 aromatic carbocycles. The van der Waals surface area contributed by atoms with Crippen LogP contribution < -0.4 is 21.1 Å². The zero-order chi connectivity index (χ0) is 26.3. The highest BCUT2D eigenvalue weighted by Gasteiger charge is 2.49. The van der Waals surface area contributed by atoms with Crippen molar-refractivity contribution in [2.24, 2.45) is 11.7 Å². The van der Waals surface area contributed by atoms with Gasteiger partial charge in [-0.15, -0.1) is 10.2 Å². The van der Waals surface area contributed by atoms with Gasteiger partial charge in [-0.05, 0) is 31.7 Å². The molecule has 0 bridgehead atoms. The minimum atomic E-state index is -0.752. The second-order valence-corrected chi connectivity index (χ2v) is 9.76. The minimum absolute atomic E-state index is 0.00339. The molecule has 1 spiro atoms. The monoisotopic (exact) mass is 519 g/mol. The Morgan fingerprint density at radius 1 is 1.16 bits per heavy atom. The third kappa shape index (κ3) is 4.45. The fourth-order valence-electron chi connectivity index (χ4n) is 5.25. The van der Waals surface area contributed by atoms with Crippen LogP contribution in [0.1, 0.15) is 48.6 Å². The van der Waals surface area contributed by atoms with Crippen molar-refractivity contribution in [3.8, 4) is 16.9 Å². The molecule has 0 radical (unpaired) electrons. The largest absolute Gasteiger partial charge is 0.494 e. The lowest BCUT2D eigenvalue weighted by atomic mass is 10.1. The summed E-state index contributed by atoms with van der Waals surface area (Å²) in [6.07, 6.45) is 8.24. The van der Waals surface area contributed by atoms with E-state index >= 15 is 0 Å². The predicted molar refractivity (Wildman–Crippen MR) is 137 cm³/mol. The molecule has 3 aromatic rings. The molecule has 4 N–H and O–H groups in total. The summed E-state index contributed by atoms with van der Waals surface area (Å²) in [5, 5.41) is 18.5. The fraction of sp³-hybridized carbons (Fsp3) is 0.423. The van der Waals surface area contributed by atoms with E-state index in [1.165, 1.54) is 0 Å². The van der Waals surface area contributed by atoms with Crippen LogP contribution in [-0.4, -0.2) is 57.9 Å². The van der Waals surface area contributed by atoms with Crippen LogP contribution in [0.15, 0.2) is 36.7 Å². The Morgan fingerprint density at radius 2 is 1.97 bits per heavy atom. The number of ether oxygens (including phenoxy) is 3. The Kier molecular flexibility index (Phi) is 6.20. The zero-order valence-corrected chi connectivity index (χ0v) is 21.0. The summed E-state index contributed by atoms with van der Waals surface area (Å²) in [7, 11) is 1.57. The van der Waals surface area contributed by atoms with Crippen molar-refractivity contribution in [2.75, 3.05) is 31.0 Å². The van der Waals surface area contributed by atoms with Crippen molar-refractivity contribution in [3.63, 3.8) is 0 Å². The molecule has 6 rings (SSSR count). The van der Waals surface area contributed by atoms with E-state index in [1.54, 1.807) is 19.4 Å². The summed E-state index contributed by atoms with van der Waals surface area (Å²) in [6, 6.07) is 7.15. The van der Waals surface area contributed by atoms with Crippen LogP contribution in [0.2, 0.25) is 0 Å². The van der Waals surface area contributed by atoms with Gasteiger partial charge in [0, 0.05) is 35.7 Å². The molecule has 38 heavy (non-hydrogen) atoms. The van der Waals surface area contributed by atoms with Crippen molar-refractivity contribution in [1.82, 2.24) is 20.0 Å². The number of hydrogen-bond acceptors (Lipinski definition) is 9. The van der Waals surface area contributed by atoms with E-state index in [-0.39, 0.29) is 29.4 Å². The van der Waals surface area contributed by atoms with Crippen LogP contribution in [0.5, 0.6) is 5.75 Å². The standard InChI is InChI=1S/C26H29N7O5/c1-36-23-17(16-13-28-33(14-16)20-6-3-9-26(20)37-10-11-38-26)4-2-5-18(23)29-19-12-21(30-25(35)15-7-8-15)31-32-22(19)24(27)34/h2,4-5,12-15,20H,3,6-11H2,1H3,(H2,27,34)(H2,29,30,31,35). The molecular weight excluding hydrogens is 490 g/mol. The van der Waals surface area contributed by atoms with Gasteiger partial charge in [-0.25, -0.2) is 0 Å². The van der Waals surface area contributed by atoms with E-state index in [0.29, 0.717) is 30.3 Å². The Morgan fingerprint density at radius 3 is 2.71 bits per heavy atom. The van der Waals surface area contributed by atoms with Crippen molar-refractivity contribution in [1.29, 1.82) is 0 Å². The summed E-state index contributed by atoms with van der Waals surface area (Å²) >= 11 is 0. The highest BCUT2D eigenvalue weighted by molar-refractivity contribution is 5.99. The van der Waals surface area contributed by atoms with Crippen LogP contribution in [-0.2, 0) is 14.3 Å². The molecule has 3 aliphatic rings. The normalized spacial score (nSPS) is 20.0. The summed E-state index contributed by atoms with van der Waals surface area (Å²) in [5.74, 6) is -0.717. The highest BCUT2D eigenvalue weighted by Crippen LogP contribution is 2.46. The number of aromatic nitrogens is 4. The Hall–Kier alpha value is -4.03. The van der Waals surface area contributed by atoms with Gasteiger partial charge in [0.25, 0.3) is 5.91 Å². The van der Waals surface area contributed by atoms with Crippen molar-refractivity contribution >= 4 is 29.0 Å². The number of carbonyl (C=O) groups is 2. The second-order valence-electron chi connectivity index (χ2n) is 9.76. The topological polar surface area (TPSA) is 156 Å². The molecule has 1 atom stereocenters. The van der Waals surface area contributed by atoms with Gasteiger partial charge in [0.1, 0.15) is 11.8 Å². The molecule has 1 saturated heterocycles. The molecule has 1 unspecified atom stereocenters.